The van der Waals surface area contributed by atoms with Crippen molar-refractivity contribution >= 4 is 16.7 Å². The van der Waals surface area contributed by atoms with Crippen LogP contribution in [0.15, 0.2) is 53.3 Å². The molecular weight excluding hydrogens is 362 g/mol. The lowest BCUT2D eigenvalue weighted by molar-refractivity contribution is 0.0682. The SMILES string of the molecule is O=C(c1cccc2ccccc12)N1CCC(Cn2nc3c(cc2=O)CCC3)CC1. The Morgan fingerprint density at radius 1 is 1.03 bits per heavy atom. The van der Waals surface area contributed by atoms with Crippen LogP contribution in [0, 0.1) is 5.92 Å². The molecule has 0 unspecified atom stereocenters. The number of rotatable bonds is 3. The van der Waals surface area contributed by atoms with Gasteiger partial charge in [-0.2, -0.15) is 5.10 Å². The number of hydrogen-bond donors (Lipinski definition) is 0. The Hall–Kier alpha value is -2.95. The fraction of sp³-hybridized carbons (Fsp3) is 0.375. The zero-order valence-electron chi connectivity index (χ0n) is 16.5. The largest absolute Gasteiger partial charge is 0.339 e. The van der Waals surface area contributed by atoms with Gasteiger partial charge in [-0.05, 0) is 60.4 Å². The van der Waals surface area contributed by atoms with E-state index in [1.165, 1.54) is 0 Å². The number of amides is 1. The summed E-state index contributed by atoms with van der Waals surface area (Å²) >= 11 is 0. The van der Waals surface area contributed by atoms with Crippen LogP contribution < -0.4 is 5.56 Å². The number of carbonyl (C=O) groups is 1. The molecule has 0 spiro atoms. The molecule has 0 bridgehead atoms. The van der Waals surface area contributed by atoms with Crippen molar-refractivity contribution in [1.29, 1.82) is 0 Å². The predicted molar refractivity (Wildman–Crippen MR) is 113 cm³/mol. The Labute approximate surface area is 170 Å². The highest BCUT2D eigenvalue weighted by atomic mass is 16.2. The van der Waals surface area contributed by atoms with E-state index >= 15 is 0 Å². The van der Waals surface area contributed by atoms with E-state index in [1.807, 2.05) is 47.4 Å². The molecule has 5 nitrogen and oxygen atoms in total. The average Bonchev–Trinajstić information content (AvgIpc) is 3.20. The van der Waals surface area contributed by atoms with E-state index in [0.717, 1.165) is 72.8 Å². The van der Waals surface area contributed by atoms with Crippen molar-refractivity contribution in [2.45, 2.75) is 38.6 Å². The topological polar surface area (TPSA) is 55.2 Å². The van der Waals surface area contributed by atoms with Crippen LogP contribution >= 0.6 is 0 Å². The first-order chi connectivity index (χ1) is 14.2. The van der Waals surface area contributed by atoms with Crippen LogP contribution in [0.5, 0.6) is 0 Å². The molecule has 0 saturated carbocycles. The molecule has 5 heteroatoms. The number of aryl methyl sites for hydroxylation is 2. The zero-order valence-corrected chi connectivity index (χ0v) is 16.5. The van der Waals surface area contributed by atoms with Crippen LogP contribution in [0.1, 0.15) is 40.9 Å². The van der Waals surface area contributed by atoms with Gasteiger partial charge >= 0.3 is 0 Å². The number of aromatic nitrogens is 2. The molecule has 148 valence electrons. The molecule has 1 aromatic heterocycles. The van der Waals surface area contributed by atoms with Crippen molar-refractivity contribution < 1.29 is 4.79 Å². The van der Waals surface area contributed by atoms with Gasteiger partial charge < -0.3 is 4.90 Å². The Balaban J connectivity index is 1.27. The standard InChI is InChI=1S/C24H25N3O2/c28-23-15-19-7-4-10-22(19)25-27(23)16-17-11-13-26(14-12-17)24(29)21-9-3-6-18-5-1-2-8-20(18)21/h1-3,5-6,8-9,15,17H,4,7,10-14,16H2. The molecule has 1 aliphatic heterocycles. The summed E-state index contributed by atoms with van der Waals surface area (Å²) in [5.41, 5.74) is 3.01. The van der Waals surface area contributed by atoms with Crippen molar-refractivity contribution in [1.82, 2.24) is 14.7 Å². The van der Waals surface area contributed by atoms with E-state index in [-0.39, 0.29) is 11.5 Å². The Kier molecular flexibility index (Phi) is 4.66. The van der Waals surface area contributed by atoms with Gasteiger partial charge in [0.25, 0.3) is 11.5 Å². The number of carbonyl (C=O) groups excluding carboxylic acids is 1. The second-order valence-corrected chi connectivity index (χ2v) is 8.25. The second-order valence-electron chi connectivity index (χ2n) is 8.25. The summed E-state index contributed by atoms with van der Waals surface area (Å²) in [6, 6.07) is 15.7. The van der Waals surface area contributed by atoms with Crippen LogP contribution in [-0.2, 0) is 19.4 Å². The zero-order chi connectivity index (χ0) is 19.8. The molecule has 0 atom stereocenters. The number of piperidine rings is 1. The van der Waals surface area contributed by atoms with Crippen LogP contribution in [-0.4, -0.2) is 33.7 Å². The van der Waals surface area contributed by atoms with Gasteiger partial charge in [-0.1, -0.05) is 36.4 Å². The molecule has 5 rings (SSSR count). The second kappa shape index (κ2) is 7.47. The maximum Gasteiger partial charge on any atom is 0.267 e. The Morgan fingerprint density at radius 2 is 1.83 bits per heavy atom. The first-order valence-electron chi connectivity index (χ1n) is 10.6. The molecule has 3 aromatic rings. The van der Waals surface area contributed by atoms with Crippen molar-refractivity contribution in [2.24, 2.45) is 5.92 Å². The third-order valence-electron chi connectivity index (χ3n) is 6.38. The normalized spacial score (nSPS) is 16.9. The Bertz CT molecular complexity index is 1120. The van der Waals surface area contributed by atoms with Gasteiger partial charge in [0.2, 0.25) is 0 Å². The summed E-state index contributed by atoms with van der Waals surface area (Å²) in [5.74, 6) is 0.490. The average molecular weight is 387 g/mol. The molecular formula is C24H25N3O2. The first kappa shape index (κ1) is 18.1. The van der Waals surface area contributed by atoms with Crippen LogP contribution in [0.4, 0.5) is 0 Å². The molecule has 2 aromatic carbocycles. The highest BCUT2D eigenvalue weighted by Crippen LogP contribution is 2.24. The van der Waals surface area contributed by atoms with Crippen LogP contribution in [0.2, 0.25) is 0 Å². The molecule has 1 fully saturated rings. The summed E-state index contributed by atoms with van der Waals surface area (Å²) < 4.78 is 1.65. The fourth-order valence-electron chi connectivity index (χ4n) is 4.72. The summed E-state index contributed by atoms with van der Waals surface area (Å²) in [6.45, 7) is 2.11. The maximum atomic E-state index is 13.1. The van der Waals surface area contributed by atoms with Crippen molar-refractivity contribution in [2.75, 3.05) is 13.1 Å². The first-order valence-corrected chi connectivity index (χ1v) is 10.6. The molecule has 1 amide bonds. The number of benzene rings is 2. The van der Waals surface area contributed by atoms with Crippen molar-refractivity contribution in [3.05, 3.63) is 75.7 Å². The van der Waals surface area contributed by atoms with E-state index < -0.39 is 0 Å². The highest BCUT2D eigenvalue weighted by Gasteiger charge is 2.25. The number of likely N-dealkylation sites (tertiary alicyclic amines) is 1. The highest BCUT2D eigenvalue weighted by molar-refractivity contribution is 6.07. The number of hydrogen-bond acceptors (Lipinski definition) is 3. The minimum Gasteiger partial charge on any atom is -0.339 e. The van der Waals surface area contributed by atoms with Gasteiger partial charge in [0.05, 0.1) is 5.69 Å². The minimum atomic E-state index is 0.0138. The van der Waals surface area contributed by atoms with Gasteiger partial charge in [-0.15, -0.1) is 0 Å². The molecule has 0 radical (unpaired) electrons. The minimum absolute atomic E-state index is 0.0138. The van der Waals surface area contributed by atoms with Crippen LogP contribution in [0.25, 0.3) is 10.8 Å². The molecule has 0 N–H and O–H groups in total. The summed E-state index contributed by atoms with van der Waals surface area (Å²) in [4.78, 5) is 27.4. The monoisotopic (exact) mass is 387 g/mol. The van der Waals surface area contributed by atoms with Gasteiger partial charge in [-0.25, -0.2) is 4.68 Å². The maximum absolute atomic E-state index is 13.1. The summed E-state index contributed by atoms with van der Waals surface area (Å²) in [6.07, 6.45) is 4.87. The van der Waals surface area contributed by atoms with Crippen molar-refractivity contribution in [3.8, 4) is 0 Å². The molecule has 29 heavy (non-hydrogen) atoms. The summed E-state index contributed by atoms with van der Waals surface area (Å²) in [5, 5.41) is 6.71. The molecule has 1 saturated heterocycles. The van der Waals surface area contributed by atoms with Gasteiger partial charge in [0.15, 0.2) is 0 Å². The van der Waals surface area contributed by atoms with Gasteiger partial charge in [0, 0.05) is 31.3 Å². The van der Waals surface area contributed by atoms with E-state index in [9.17, 15) is 9.59 Å². The summed E-state index contributed by atoms with van der Waals surface area (Å²) in [7, 11) is 0. The lowest BCUT2D eigenvalue weighted by atomic mass is 9.95. The lowest BCUT2D eigenvalue weighted by Gasteiger charge is -2.32. The van der Waals surface area contributed by atoms with Gasteiger partial charge in [0.1, 0.15) is 0 Å². The Morgan fingerprint density at radius 3 is 2.69 bits per heavy atom. The van der Waals surface area contributed by atoms with Crippen molar-refractivity contribution in [3.63, 3.8) is 0 Å². The van der Waals surface area contributed by atoms with Gasteiger partial charge in [-0.3, -0.25) is 9.59 Å². The van der Waals surface area contributed by atoms with E-state index in [0.29, 0.717) is 12.5 Å². The third-order valence-corrected chi connectivity index (χ3v) is 6.38. The number of nitrogens with zero attached hydrogens (tertiary/aromatic N) is 3. The van der Waals surface area contributed by atoms with E-state index in [2.05, 4.69) is 5.10 Å². The molecule has 2 aliphatic rings. The third kappa shape index (κ3) is 3.46. The predicted octanol–water partition coefficient (Wildman–Crippen LogP) is 3.44. The smallest absolute Gasteiger partial charge is 0.267 e. The molecule has 1 aliphatic carbocycles. The lowest BCUT2D eigenvalue weighted by Crippen LogP contribution is -2.40. The quantitative estimate of drug-likeness (QED) is 0.692. The van der Waals surface area contributed by atoms with E-state index in [1.54, 1.807) is 10.7 Å². The molecule has 2 heterocycles. The van der Waals surface area contributed by atoms with Crippen LogP contribution in [0.3, 0.4) is 0 Å². The number of fused-ring (bicyclic) bond motifs is 2. The fourth-order valence-corrected chi connectivity index (χ4v) is 4.72. The van der Waals surface area contributed by atoms with E-state index in [4.69, 9.17) is 0 Å².